The molecule has 0 bridgehead atoms. The van der Waals surface area contributed by atoms with E-state index in [1.807, 2.05) is 0 Å². The molecule has 3 N–H and O–H groups in total. The van der Waals surface area contributed by atoms with Crippen molar-refractivity contribution in [2.75, 3.05) is 6.26 Å². The van der Waals surface area contributed by atoms with Crippen molar-refractivity contribution in [1.82, 2.24) is 4.72 Å². The zero-order valence-corrected chi connectivity index (χ0v) is 9.14. The van der Waals surface area contributed by atoms with E-state index < -0.39 is 15.8 Å². The van der Waals surface area contributed by atoms with Crippen LogP contribution >= 0.6 is 0 Å². The first kappa shape index (κ1) is 12.1. The summed E-state index contributed by atoms with van der Waals surface area (Å²) in [6, 6.07) is 4.50. The van der Waals surface area contributed by atoms with Crippen molar-refractivity contribution in [2.45, 2.75) is 13.1 Å². The summed E-state index contributed by atoms with van der Waals surface area (Å²) >= 11 is 0. The second-order valence-corrected chi connectivity index (χ2v) is 5.06. The van der Waals surface area contributed by atoms with Gasteiger partial charge in [0.05, 0.1) is 6.26 Å². The van der Waals surface area contributed by atoms with Gasteiger partial charge in [-0.3, -0.25) is 0 Å². The van der Waals surface area contributed by atoms with E-state index in [-0.39, 0.29) is 13.1 Å². The molecule has 0 unspecified atom stereocenters. The molecular formula is C9H13FN2O2S. The highest BCUT2D eigenvalue weighted by molar-refractivity contribution is 7.88. The van der Waals surface area contributed by atoms with Crippen molar-refractivity contribution < 1.29 is 12.8 Å². The average molecular weight is 232 g/mol. The molecule has 0 heterocycles. The van der Waals surface area contributed by atoms with Crippen LogP contribution in [-0.2, 0) is 23.1 Å². The quantitative estimate of drug-likeness (QED) is 0.786. The first-order valence-corrected chi connectivity index (χ1v) is 6.23. The zero-order valence-electron chi connectivity index (χ0n) is 8.33. The summed E-state index contributed by atoms with van der Waals surface area (Å²) < 4.78 is 37.1. The summed E-state index contributed by atoms with van der Waals surface area (Å²) in [5, 5.41) is 0. The van der Waals surface area contributed by atoms with Gasteiger partial charge < -0.3 is 5.73 Å². The number of nitrogens with two attached hydrogens (primary N) is 1. The molecule has 15 heavy (non-hydrogen) atoms. The van der Waals surface area contributed by atoms with Crippen LogP contribution in [0, 0.1) is 5.82 Å². The van der Waals surface area contributed by atoms with E-state index >= 15 is 0 Å². The molecule has 0 aliphatic rings. The van der Waals surface area contributed by atoms with Gasteiger partial charge in [-0.25, -0.2) is 17.5 Å². The molecule has 0 spiro atoms. The van der Waals surface area contributed by atoms with Crippen LogP contribution in [0.2, 0.25) is 0 Å². The lowest BCUT2D eigenvalue weighted by molar-refractivity contribution is 0.579. The summed E-state index contributed by atoms with van der Waals surface area (Å²) in [6.45, 7) is 0.215. The Hall–Kier alpha value is -0.980. The Labute approximate surface area is 88.3 Å². The summed E-state index contributed by atoms with van der Waals surface area (Å²) in [5.41, 5.74) is 6.31. The summed E-state index contributed by atoms with van der Waals surface area (Å²) in [4.78, 5) is 0. The van der Waals surface area contributed by atoms with Crippen molar-refractivity contribution >= 4 is 10.0 Å². The third-order valence-corrected chi connectivity index (χ3v) is 2.55. The molecule has 0 aliphatic heterocycles. The van der Waals surface area contributed by atoms with Gasteiger partial charge in [-0.05, 0) is 11.6 Å². The Kier molecular flexibility index (Phi) is 3.78. The van der Waals surface area contributed by atoms with E-state index in [1.165, 1.54) is 12.1 Å². The average Bonchev–Trinajstić information content (AvgIpc) is 2.14. The summed E-state index contributed by atoms with van der Waals surface area (Å²) in [7, 11) is -3.30. The minimum Gasteiger partial charge on any atom is -0.326 e. The molecule has 6 heteroatoms. The predicted molar refractivity (Wildman–Crippen MR) is 56.0 cm³/mol. The molecule has 0 atom stereocenters. The normalized spacial score (nSPS) is 11.7. The molecule has 84 valence electrons. The highest BCUT2D eigenvalue weighted by Gasteiger charge is 2.06. The van der Waals surface area contributed by atoms with Crippen LogP contribution in [0.3, 0.4) is 0 Å². The molecule has 1 aromatic carbocycles. The van der Waals surface area contributed by atoms with Crippen molar-refractivity contribution in [3.63, 3.8) is 0 Å². The van der Waals surface area contributed by atoms with Gasteiger partial charge in [0.2, 0.25) is 10.0 Å². The van der Waals surface area contributed by atoms with E-state index in [0.29, 0.717) is 11.1 Å². The second kappa shape index (κ2) is 4.69. The number of benzene rings is 1. The van der Waals surface area contributed by atoms with Crippen LogP contribution in [0.25, 0.3) is 0 Å². The third kappa shape index (κ3) is 3.94. The fourth-order valence-electron chi connectivity index (χ4n) is 1.07. The molecule has 4 nitrogen and oxygen atoms in total. The molecule has 0 amide bonds. The maximum Gasteiger partial charge on any atom is 0.209 e. The molecule has 0 fully saturated rings. The first-order valence-electron chi connectivity index (χ1n) is 4.34. The third-order valence-electron chi connectivity index (χ3n) is 1.88. The highest BCUT2D eigenvalue weighted by Crippen LogP contribution is 2.10. The Morgan fingerprint density at radius 2 is 2.13 bits per heavy atom. The fraction of sp³-hybridized carbons (Fsp3) is 0.333. The maximum absolute atomic E-state index is 13.3. The molecule has 0 radical (unpaired) electrons. The number of nitrogens with one attached hydrogen (secondary N) is 1. The molecule has 0 saturated heterocycles. The van der Waals surface area contributed by atoms with Gasteiger partial charge in [-0.1, -0.05) is 12.1 Å². The number of rotatable bonds is 4. The molecule has 1 aromatic rings. The van der Waals surface area contributed by atoms with Gasteiger partial charge in [0, 0.05) is 18.7 Å². The van der Waals surface area contributed by atoms with Crippen LogP contribution in [-0.4, -0.2) is 14.7 Å². The number of halogens is 1. The van der Waals surface area contributed by atoms with Crippen LogP contribution in [0.15, 0.2) is 18.2 Å². The standard InChI is InChI=1S/C9H13FN2O2S/c1-15(13,14)12-6-8-3-2-7(5-11)4-9(8)10/h2-4,12H,5-6,11H2,1H3. The van der Waals surface area contributed by atoms with Gasteiger partial charge in [0.15, 0.2) is 0 Å². The van der Waals surface area contributed by atoms with Gasteiger partial charge in [0.1, 0.15) is 5.82 Å². The fourth-order valence-corrected chi connectivity index (χ4v) is 1.49. The van der Waals surface area contributed by atoms with Gasteiger partial charge >= 0.3 is 0 Å². The molecule has 0 saturated carbocycles. The van der Waals surface area contributed by atoms with Crippen LogP contribution in [0.5, 0.6) is 0 Å². The Morgan fingerprint density at radius 3 is 2.60 bits per heavy atom. The van der Waals surface area contributed by atoms with Crippen LogP contribution in [0.1, 0.15) is 11.1 Å². The Morgan fingerprint density at radius 1 is 1.47 bits per heavy atom. The van der Waals surface area contributed by atoms with Crippen LogP contribution in [0.4, 0.5) is 4.39 Å². The smallest absolute Gasteiger partial charge is 0.209 e. The lowest BCUT2D eigenvalue weighted by Crippen LogP contribution is -2.21. The van der Waals surface area contributed by atoms with E-state index in [9.17, 15) is 12.8 Å². The van der Waals surface area contributed by atoms with Crippen molar-refractivity contribution in [2.24, 2.45) is 5.73 Å². The van der Waals surface area contributed by atoms with Crippen molar-refractivity contribution in [1.29, 1.82) is 0 Å². The topological polar surface area (TPSA) is 72.2 Å². The number of hydrogen-bond acceptors (Lipinski definition) is 3. The van der Waals surface area contributed by atoms with E-state index in [4.69, 9.17) is 5.73 Å². The van der Waals surface area contributed by atoms with E-state index in [1.54, 1.807) is 6.07 Å². The van der Waals surface area contributed by atoms with Crippen molar-refractivity contribution in [3.05, 3.63) is 35.1 Å². The number of hydrogen-bond donors (Lipinski definition) is 2. The second-order valence-electron chi connectivity index (χ2n) is 3.22. The molecular weight excluding hydrogens is 219 g/mol. The Bertz CT molecular complexity index is 445. The van der Waals surface area contributed by atoms with E-state index in [0.717, 1.165) is 6.26 Å². The van der Waals surface area contributed by atoms with Crippen molar-refractivity contribution in [3.8, 4) is 0 Å². The lowest BCUT2D eigenvalue weighted by atomic mass is 10.1. The minimum atomic E-state index is -3.30. The van der Waals surface area contributed by atoms with Gasteiger partial charge in [0.25, 0.3) is 0 Å². The highest BCUT2D eigenvalue weighted by atomic mass is 32.2. The first-order chi connectivity index (χ1) is 6.92. The minimum absolute atomic E-state index is 0.0461. The predicted octanol–water partition coefficient (Wildman–Crippen LogP) is 0.334. The maximum atomic E-state index is 13.3. The van der Waals surface area contributed by atoms with Gasteiger partial charge in [-0.2, -0.15) is 0 Å². The zero-order chi connectivity index (χ0) is 11.5. The van der Waals surface area contributed by atoms with Crippen LogP contribution < -0.4 is 10.5 Å². The SMILES string of the molecule is CS(=O)(=O)NCc1ccc(CN)cc1F. The van der Waals surface area contributed by atoms with E-state index in [2.05, 4.69) is 4.72 Å². The lowest BCUT2D eigenvalue weighted by Gasteiger charge is -2.05. The van der Waals surface area contributed by atoms with Gasteiger partial charge in [-0.15, -0.1) is 0 Å². The molecule has 0 aromatic heterocycles. The Balaban J connectivity index is 2.79. The molecule has 0 aliphatic carbocycles. The summed E-state index contributed by atoms with van der Waals surface area (Å²) in [5.74, 6) is -0.450. The largest absolute Gasteiger partial charge is 0.326 e. The molecule has 1 rings (SSSR count). The number of sulfonamides is 1. The summed E-state index contributed by atoms with van der Waals surface area (Å²) in [6.07, 6.45) is 1.03. The monoisotopic (exact) mass is 232 g/mol.